The lowest BCUT2D eigenvalue weighted by Crippen LogP contribution is -2.14. The molecule has 1 fully saturated rings. The molecule has 1 aliphatic carbocycles. The van der Waals surface area contributed by atoms with Gasteiger partial charge in [-0.3, -0.25) is 0 Å². The number of benzene rings is 1. The number of aryl methyl sites for hydroxylation is 1. The Bertz CT molecular complexity index is 395. The molecule has 0 saturated heterocycles. The van der Waals surface area contributed by atoms with Crippen LogP contribution in [0.3, 0.4) is 0 Å². The lowest BCUT2D eigenvalue weighted by molar-refractivity contribution is 0.339. The molecule has 0 aromatic heterocycles. The van der Waals surface area contributed by atoms with Crippen molar-refractivity contribution in [3.05, 3.63) is 34.9 Å². The highest BCUT2D eigenvalue weighted by atomic mass is 28.1. The molecule has 94 valence electrons. The van der Waals surface area contributed by atoms with Crippen molar-refractivity contribution in [1.29, 1.82) is 0 Å². The molecule has 0 atom stereocenters. The molecule has 0 heterocycles. The molecular formula is C14H20F2Si. The topological polar surface area (TPSA) is 0 Å². The molecular weight excluding hydrogens is 234 g/mol. The summed E-state index contributed by atoms with van der Waals surface area (Å²) in [5, 5.41) is 0. The van der Waals surface area contributed by atoms with Crippen LogP contribution in [0, 0.1) is 24.5 Å². The third-order valence-corrected chi connectivity index (χ3v) is 5.32. The van der Waals surface area contributed by atoms with Gasteiger partial charge in [0, 0.05) is 10.2 Å². The summed E-state index contributed by atoms with van der Waals surface area (Å²) in [6, 6.07) is 4.82. The predicted molar refractivity (Wildman–Crippen MR) is 70.5 cm³/mol. The Morgan fingerprint density at radius 3 is 2.35 bits per heavy atom. The van der Waals surface area contributed by atoms with E-state index in [1.807, 2.05) is 0 Å². The van der Waals surface area contributed by atoms with Crippen molar-refractivity contribution in [2.24, 2.45) is 5.92 Å². The molecule has 0 spiro atoms. The molecule has 0 amide bonds. The first-order valence-electron chi connectivity index (χ1n) is 6.58. The molecule has 0 unspecified atom stereocenters. The van der Waals surface area contributed by atoms with E-state index in [0.717, 1.165) is 18.8 Å². The van der Waals surface area contributed by atoms with Gasteiger partial charge in [0.25, 0.3) is 0 Å². The Morgan fingerprint density at radius 2 is 1.76 bits per heavy atom. The SMILES string of the molecule is Cc1ccc(C2CCC(C[SiH3])CC2)c(F)c1F. The summed E-state index contributed by atoms with van der Waals surface area (Å²) in [5.41, 5.74) is 0.999. The zero-order valence-electron chi connectivity index (χ0n) is 10.6. The van der Waals surface area contributed by atoms with E-state index in [1.54, 1.807) is 19.1 Å². The van der Waals surface area contributed by atoms with Crippen LogP contribution in [0.25, 0.3) is 0 Å². The van der Waals surface area contributed by atoms with Gasteiger partial charge < -0.3 is 0 Å². The van der Waals surface area contributed by atoms with E-state index in [1.165, 1.54) is 29.1 Å². The predicted octanol–water partition coefficient (Wildman–Crippen LogP) is 3.33. The van der Waals surface area contributed by atoms with Gasteiger partial charge in [-0.2, -0.15) is 0 Å². The Kier molecular flexibility index (Phi) is 3.97. The van der Waals surface area contributed by atoms with Crippen LogP contribution in [-0.4, -0.2) is 10.2 Å². The Balaban J connectivity index is 2.16. The molecule has 2 rings (SSSR count). The minimum Gasteiger partial charge on any atom is -0.203 e. The van der Waals surface area contributed by atoms with Gasteiger partial charge in [0.05, 0.1) is 0 Å². The van der Waals surface area contributed by atoms with Gasteiger partial charge in [0.15, 0.2) is 11.6 Å². The molecule has 0 bridgehead atoms. The van der Waals surface area contributed by atoms with Crippen LogP contribution in [0.2, 0.25) is 6.04 Å². The fraction of sp³-hybridized carbons (Fsp3) is 0.571. The maximum atomic E-state index is 13.9. The van der Waals surface area contributed by atoms with Crippen LogP contribution in [0.1, 0.15) is 42.7 Å². The van der Waals surface area contributed by atoms with Crippen molar-refractivity contribution in [2.45, 2.75) is 44.6 Å². The fourth-order valence-corrected chi connectivity index (χ4v) is 3.67. The van der Waals surface area contributed by atoms with Crippen LogP contribution in [0.15, 0.2) is 12.1 Å². The molecule has 0 aliphatic heterocycles. The fourth-order valence-electron chi connectivity index (χ4n) is 2.86. The van der Waals surface area contributed by atoms with Crippen molar-refractivity contribution in [3.8, 4) is 0 Å². The summed E-state index contributed by atoms with van der Waals surface area (Å²) >= 11 is 0. The van der Waals surface area contributed by atoms with E-state index in [2.05, 4.69) is 0 Å². The average Bonchev–Trinajstić information content (AvgIpc) is 2.36. The van der Waals surface area contributed by atoms with Gasteiger partial charge in [-0.25, -0.2) is 8.78 Å². The van der Waals surface area contributed by atoms with Crippen molar-refractivity contribution < 1.29 is 8.78 Å². The largest absolute Gasteiger partial charge is 0.203 e. The molecule has 1 aliphatic rings. The summed E-state index contributed by atoms with van der Waals surface area (Å²) in [6.45, 7) is 1.61. The standard InChI is InChI=1S/C14H20F2Si/c1-9-2-7-12(14(16)13(9)15)11-5-3-10(8-17)4-6-11/h2,7,10-11H,3-6,8H2,1,17H3. The second-order valence-corrected chi connectivity index (χ2v) is 6.04. The maximum absolute atomic E-state index is 13.9. The molecule has 0 N–H and O–H groups in total. The Hall–Kier alpha value is -0.703. The summed E-state index contributed by atoms with van der Waals surface area (Å²) in [4.78, 5) is 0. The van der Waals surface area contributed by atoms with Gasteiger partial charge in [-0.15, -0.1) is 0 Å². The number of halogens is 2. The summed E-state index contributed by atoms with van der Waals surface area (Å²) < 4.78 is 27.4. The smallest absolute Gasteiger partial charge is 0.162 e. The highest BCUT2D eigenvalue weighted by Gasteiger charge is 2.24. The first-order valence-corrected chi connectivity index (χ1v) is 7.99. The minimum atomic E-state index is -0.660. The molecule has 0 radical (unpaired) electrons. The van der Waals surface area contributed by atoms with E-state index in [-0.39, 0.29) is 5.92 Å². The summed E-state index contributed by atoms with van der Waals surface area (Å²) in [5.74, 6) is -0.197. The number of rotatable bonds is 2. The lowest BCUT2D eigenvalue weighted by Gasteiger charge is -2.28. The number of hydrogen-bond acceptors (Lipinski definition) is 0. The van der Waals surface area contributed by atoms with E-state index in [9.17, 15) is 8.78 Å². The lowest BCUT2D eigenvalue weighted by atomic mass is 9.79. The van der Waals surface area contributed by atoms with Crippen LogP contribution in [0.4, 0.5) is 8.78 Å². The minimum absolute atomic E-state index is 0.231. The molecule has 1 aromatic carbocycles. The zero-order chi connectivity index (χ0) is 12.4. The van der Waals surface area contributed by atoms with Gasteiger partial charge in [0.1, 0.15) is 0 Å². The van der Waals surface area contributed by atoms with Crippen molar-refractivity contribution >= 4 is 10.2 Å². The molecule has 3 heteroatoms. The third-order valence-electron chi connectivity index (χ3n) is 4.17. The highest BCUT2D eigenvalue weighted by Crippen LogP contribution is 2.38. The van der Waals surface area contributed by atoms with E-state index < -0.39 is 11.6 Å². The van der Waals surface area contributed by atoms with E-state index in [4.69, 9.17) is 0 Å². The van der Waals surface area contributed by atoms with Gasteiger partial charge in [-0.05, 0) is 42.7 Å². The van der Waals surface area contributed by atoms with Gasteiger partial charge in [0.2, 0.25) is 0 Å². The average molecular weight is 254 g/mol. The van der Waals surface area contributed by atoms with Crippen LogP contribution >= 0.6 is 0 Å². The molecule has 1 aromatic rings. The molecule has 1 saturated carbocycles. The molecule has 0 nitrogen and oxygen atoms in total. The Morgan fingerprint density at radius 1 is 1.12 bits per heavy atom. The third kappa shape index (κ3) is 2.59. The van der Waals surface area contributed by atoms with Gasteiger partial charge >= 0.3 is 0 Å². The first-order chi connectivity index (χ1) is 8.13. The van der Waals surface area contributed by atoms with Crippen LogP contribution in [-0.2, 0) is 0 Å². The van der Waals surface area contributed by atoms with Crippen LogP contribution in [0.5, 0.6) is 0 Å². The van der Waals surface area contributed by atoms with Gasteiger partial charge in [-0.1, -0.05) is 31.0 Å². The second-order valence-electron chi connectivity index (χ2n) is 5.23. The van der Waals surface area contributed by atoms with E-state index >= 15 is 0 Å². The highest BCUT2D eigenvalue weighted by molar-refractivity contribution is 6.08. The van der Waals surface area contributed by atoms with E-state index in [0.29, 0.717) is 11.1 Å². The normalized spacial score (nSPS) is 25.1. The monoisotopic (exact) mass is 254 g/mol. The zero-order valence-corrected chi connectivity index (χ0v) is 12.6. The second kappa shape index (κ2) is 5.30. The summed E-state index contributed by atoms with van der Waals surface area (Å²) in [6.07, 6.45) is 4.41. The van der Waals surface area contributed by atoms with Crippen molar-refractivity contribution in [1.82, 2.24) is 0 Å². The Labute approximate surface area is 105 Å². The summed E-state index contributed by atoms with van der Waals surface area (Å²) in [7, 11) is 1.26. The van der Waals surface area contributed by atoms with Crippen molar-refractivity contribution in [3.63, 3.8) is 0 Å². The van der Waals surface area contributed by atoms with Crippen molar-refractivity contribution in [2.75, 3.05) is 0 Å². The maximum Gasteiger partial charge on any atom is 0.162 e. The van der Waals surface area contributed by atoms with Crippen LogP contribution < -0.4 is 0 Å². The quantitative estimate of drug-likeness (QED) is 0.710. The first kappa shape index (κ1) is 12.7. The number of hydrogen-bond donors (Lipinski definition) is 0. The molecule has 17 heavy (non-hydrogen) atoms.